The van der Waals surface area contributed by atoms with Gasteiger partial charge >= 0.3 is 0 Å². The molecule has 2 rings (SSSR count). The van der Waals surface area contributed by atoms with Gasteiger partial charge in [0, 0.05) is 34.9 Å². The highest BCUT2D eigenvalue weighted by Gasteiger charge is 2.14. The van der Waals surface area contributed by atoms with E-state index in [9.17, 15) is 9.90 Å². The molecule has 0 unspecified atom stereocenters. The fourth-order valence-electron chi connectivity index (χ4n) is 1.93. The van der Waals surface area contributed by atoms with Crippen LogP contribution in [0.25, 0.3) is 0 Å². The lowest BCUT2D eigenvalue weighted by atomic mass is 10.1. The molecule has 0 saturated carbocycles. The number of aromatic hydroxyl groups is 1. The van der Waals surface area contributed by atoms with Gasteiger partial charge in [-0.3, -0.25) is 4.79 Å². The lowest BCUT2D eigenvalue weighted by molar-refractivity contribution is 0.0784. The smallest absolute Gasteiger partial charge is 0.254 e. The molecule has 2 aromatic carbocycles. The zero-order chi connectivity index (χ0) is 14.7. The van der Waals surface area contributed by atoms with Crippen molar-refractivity contribution in [1.29, 1.82) is 0 Å². The first-order valence-corrected chi connectivity index (χ1v) is 6.85. The third kappa shape index (κ3) is 3.30. The maximum absolute atomic E-state index is 12.3. The molecule has 0 atom stereocenters. The van der Waals surface area contributed by atoms with Gasteiger partial charge in [-0.05, 0) is 24.3 Å². The van der Waals surface area contributed by atoms with Crippen LogP contribution < -0.4 is 5.73 Å². The molecule has 0 bridgehead atoms. The lowest BCUT2D eigenvalue weighted by Crippen LogP contribution is -2.26. The number of benzene rings is 2. The van der Waals surface area contributed by atoms with Crippen LogP contribution in [0.1, 0.15) is 15.9 Å². The van der Waals surface area contributed by atoms with Crippen LogP contribution in [-0.4, -0.2) is 23.0 Å². The summed E-state index contributed by atoms with van der Waals surface area (Å²) in [5, 5.41) is 9.73. The van der Waals surface area contributed by atoms with E-state index in [0.29, 0.717) is 23.4 Å². The number of nitrogen functional groups attached to an aromatic ring is 1. The summed E-state index contributed by atoms with van der Waals surface area (Å²) in [6, 6.07) is 12.0. The Bertz CT molecular complexity index is 623. The molecule has 0 spiro atoms. The Morgan fingerprint density at radius 2 is 2.00 bits per heavy atom. The van der Waals surface area contributed by atoms with Crippen molar-refractivity contribution >= 4 is 27.5 Å². The second-order valence-corrected chi connectivity index (χ2v) is 5.48. The number of anilines is 1. The first kappa shape index (κ1) is 14.4. The molecule has 5 heteroatoms. The number of phenols is 1. The number of nitrogens with two attached hydrogens (primary N) is 1. The van der Waals surface area contributed by atoms with E-state index >= 15 is 0 Å². The normalized spacial score (nSPS) is 10.3. The summed E-state index contributed by atoms with van der Waals surface area (Å²) in [5.74, 6) is 0.0298. The Balaban J connectivity index is 2.18. The first-order chi connectivity index (χ1) is 9.47. The highest BCUT2D eigenvalue weighted by molar-refractivity contribution is 9.10. The average Bonchev–Trinajstić information content (AvgIpc) is 2.39. The number of rotatable bonds is 3. The van der Waals surface area contributed by atoms with Gasteiger partial charge in [0.25, 0.3) is 5.91 Å². The van der Waals surface area contributed by atoms with Crippen LogP contribution in [-0.2, 0) is 6.54 Å². The number of carbonyl (C=O) groups is 1. The largest absolute Gasteiger partial charge is 0.508 e. The molecule has 0 aliphatic carbocycles. The first-order valence-electron chi connectivity index (χ1n) is 6.06. The van der Waals surface area contributed by atoms with Crippen molar-refractivity contribution in [3.8, 4) is 5.75 Å². The molecule has 0 radical (unpaired) electrons. The SMILES string of the molecule is CN(Cc1ccccc1O)C(=O)c1cc(N)cc(Br)c1. The molecule has 0 aliphatic rings. The van der Waals surface area contributed by atoms with Gasteiger partial charge in [0.15, 0.2) is 0 Å². The van der Waals surface area contributed by atoms with Gasteiger partial charge in [-0.2, -0.15) is 0 Å². The Hall–Kier alpha value is -2.01. The van der Waals surface area contributed by atoms with E-state index in [1.165, 1.54) is 4.90 Å². The summed E-state index contributed by atoms with van der Waals surface area (Å²) in [4.78, 5) is 13.9. The van der Waals surface area contributed by atoms with Gasteiger partial charge in [0.1, 0.15) is 5.75 Å². The van der Waals surface area contributed by atoms with Crippen molar-refractivity contribution in [3.05, 3.63) is 58.1 Å². The Labute approximate surface area is 126 Å². The van der Waals surface area contributed by atoms with Crippen LogP contribution in [0.5, 0.6) is 5.75 Å². The molecule has 2 aromatic rings. The minimum Gasteiger partial charge on any atom is -0.508 e. The number of hydrogen-bond donors (Lipinski definition) is 2. The topological polar surface area (TPSA) is 66.6 Å². The summed E-state index contributed by atoms with van der Waals surface area (Å²) in [6.07, 6.45) is 0. The van der Waals surface area contributed by atoms with Crippen LogP contribution in [0, 0.1) is 0 Å². The minimum atomic E-state index is -0.152. The van der Waals surface area contributed by atoms with Gasteiger partial charge in [0.05, 0.1) is 0 Å². The number of halogens is 1. The molecule has 1 amide bonds. The maximum Gasteiger partial charge on any atom is 0.254 e. The average molecular weight is 335 g/mol. The molecule has 0 aliphatic heterocycles. The number of phenolic OH excluding ortho intramolecular Hbond substituents is 1. The zero-order valence-electron chi connectivity index (χ0n) is 11.0. The lowest BCUT2D eigenvalue weighted by Gasteiger charge is -2.18. The van der Waals surface area contributed by atoms with E-state index in [4.69, 9.17) is 5.73 Å². The molecule has 0 aromatic heterocycles. The second-order valence-electron chi connectivity index (χ2n) is 4.56. The van der Waals surface area contributed by atoms with Gasteiger partial charge in [-0.1, -0.05) is 34.1 Å². The van der Waals surface area contributed by atoms with Crippen LogP contribution in [0.3, 0.4) is 0 Å². The van der Waals surface area contributed by atoms with E-state index in [1.807, 2.05) is 6.07 Å². The number of nitrogens with zero attached hydrogens (tertiary/aromatic N) is 1. The van der Waals surface area contributed by atoms with Gasteiger partial charge in [-0.25, -0.2) is 0 Å². The fourth-order valence-corrected chi connectivity index (χ4v) is 2.44. The number of amides is 1. The predicted octanol–water partition coefficient (Wildman–Crippen LogP) is 3.01. The second kappa shape index (κ2) is 5.96. The van der Waals surface area contributed by atoms with Crippen molar-refractivity contribution < 1.29 is 9.90 Å². The molecule has 0 saturated heterocycles. The molecule has 4 nitrogen and oxygen atoms in total. The Morgan fingerprint density at radius 1 is 1.30 bits per heavy atom. The van der Waals surface area contributed by atoms with Crippen LogP contribution >= 0.6 is 15.9 Å². The molecule has 0 fully saturated rings. The summed E-state index contributed by atoms with van der Waals surface area (Å²) >= 11 is 3.32. The van der Waals surface area contributed by atoms with Crippen molar-refractivity contribution in [2.45, 2.75) is 6.54 Å². The van der Waals surface area contributed by atoms with E-state index in [2.05, 4.69) is 15.9 Å². The fraction of sp³-hybridized carbons (Fsp3) is 0.133. The van der Waals surface area contributed by atoms with Gasteiger partial charge in [0.2, 0.25) is 0 Å². The maximum atomic E-state index is 12.3. The Morgan fingerprint density at radius 3 is 2.65 bits per heavy atom. The van der Waals surface area contributed by atoms with E-state index in [-0.39, 0.29) is 11.7 Å². The number of para-hydroxylation sites is 1. The quantitative estimate of drug-likeness (QED) is 0.848. The molecule has 104 valence electrons. The van der Waals surface area contributed by atoms with Crippen molar-refractivity contribution in [3.63, 3.8) is 0 Å². The van der Waals surface area contributed by atoms with Gasteiger partial charge < -0.3 is 15.7 Å². The summed E-state index contributed by atoms with van der Waals surface area (Å²) in [5.41, 5.74) is 7.47. The third-order valence-corrected chi connectivity index (χ3v) is 3.37. The number of carbonyl (C=O) groups excluding carboxylic acids is 1. The number of hydrogen-bond acceptors (Lipinski definition) is 3. The minimum absolute atomic E-state index is 0.152. The van der Waals surface area contributed by atoms with E-state index < -0.39 is 0 Å². The predicted molar refractivity (Wildman–Crippen MR) is 82.5 cm³/mol. The van der Waals surface area contributed by atoms with Crippen molar-refractivity contribution in [2.24, 2.45) is 0 Å². The standard InChI is InChI=1S/C15H15BrN2O2/c1-18(9-10-4-2-3-5-14(10)19)15(20)11-6-12(16)8-13(17)7-11/h2-8,19H,9,17H2,1H3. The Kier molecular flexibility index (Phi) is 4.29. The van der Waals surface area contributed by atoms with Crippen LogP contribution in [0.2, 0.25) is 0 Å². The highest BCUT2D eigenvalue weighted by Crippen LogP contribution is 2.21. The van der Waals surface area contributed by atoms with Gasteiger partial charge in [-0.15, -0.1) is 0 Å². The third-order valence-electron chi connectivity index (χ3n) is 2.91. The summed E-state index contributed by atoms with van der Waals surface area (Å²) in [7, 11) is 1.69. The van der Waals surface area contributed by atoms with Crippen molar-refractivity contribution in [2.75, 3.05) is 12.8 Å². The molecule has 20 heavy (non-hydrogen) atoms. The summed E-state index contributed by atoms with van der Waals surface area (Å²) in [6.45, 7) is 0.331. The van der Waals surface area contributed by atoms with Crippen molar-refractivity contribution in [1.82, 2.24) is 4.90 Å². The highest BCUT2D eigenvalue weighted by atomic mass is 79.9. The molecule has 0 heterocycles. The molecule has 3 N–H and O–H groups in total. The van der Waals surface area contributed by atoms with Crippen LogP contribution in [0.4, 0.5) is 5.69 Å². The summed E-state index contributed by atoms with van der Waals surface area (Å²) < 4.78 is 0.761. The van der Waals surface area contributed by atoms with Crippen LogP contribution in [0.15, 0.2) is 46.9 Å². The monoisotopic (exact) mass is 334 g/mol. The molecular formula is C15H15BrN2O2. The van der Waals surface area contributed by atoms with E-state index in [1.54, 1.807) is 43.4 Å². The molecular weight excluding hydrogens is 320 g/mol. The van der Waals surface area contributed by atoms with E-state index in [0.717, 1.165) is 4.47 Å². The zero-order valence-corrected chi connectivity index (χ0v) is 12.6.